The fourth-order valence-electron chi connectivity index (χ4n) is 2.68. The summed E-state index contributed by atoms with van der Waals surface area (Å²) in [5.74, 6) is -0.867. The van der Waals surface area contributed by atoms with Crippen LogP contribution in [0.3, 0.4) is 0 Å². The number of carbonyl (C=O) groups excluding carboxylic acids is 1. The van der Waals surface area contributed by atoms with Crippen molar-refractivity contribution in [3.05, 3.63) is 62.0 Å². The van der Waals surface area contributed by atoms with Crippen LogP contribution in [0.1, 0.15) is 29.3 Å². The molecule has 134 valence electrons. The number of benzene rings is 1. The molecule has 0 radical (unpaired) electrons. The molecule has 2 aromatic rings. The van der Waals surface area contributed by atoms with Crippen molar-refractivity contribution in [2.75, 3.05) is 19.3 Å². The molecule has 0 saturated heterocycles. The largest absolute Gasteiger partial charge is 0.384 e. The SMILES string of the molecule is CCCn1c(N)c(C(=O)C[NH+](C)Cc2ccc(F)cc2)c(=O)[nH]c1=O. The van der Waals surface area contributed by atoms with Gasteiger partial charge in [-0.2, -0.15) is 0 Å². The van der Waals surface area contributed by atoms with Gasteiger partial charge < -0.3 is 10.6 Å². The molecule has 1 unspecified atom stereocenters. The summed E-state index contributed by atoms with van der Waals surface area (Å²) in [6.45, 7) is 2.69. The first-order chi connectivity index (χ1) is 11.8. The molecular weight excluding hydrogens is 327 g/mol. The maximum absolute atomic E-state index is 12.9. The van der Waals surface area contributed by atoms with E-state index in [1.165, 1.54) is 16.7 Å². The van der Waals surface area contributed by atoms with Crippen LogP contribution in [0.2, 0.25) is 0 Å². The van der Waals surface area contributed by atoms with Crippen molar-refractivity contribution < 1.29 is 14.1 Å². The third kappa shape index (κ3) is 4.42. The molecule has 1 atom stereocenters. The highest BCUT2D eigenvalue weighted by Gasteiger charge is 2.22. The number of aromatic nitrogens is 2. The molecule has 0 saturated carbocycles. The van der Waals surface area contributed by atoms with Gasteiger partial charge in [-0.15, -0.1) is 0 Å². The summed E-state index contributed by atoms with van der Waals surface area (Å²) < 4.78 is 14.1. The zero-order valence-electron chi connectivity index (χ0n) is 14.3. The highest BCUT2D eigenvalue weighted by atomic mass is 19.1. The number of nitrogens with zero attached hydrogens (tertiary/aromatic N) is 1. The Morgan fingerprint density at radius 2 is 1.92 bits per heavy atom. The Hall–Kier alpha value is -2.74. The lowest BCUT2D eigenvalue weighted by Crippen LogP contribution is -3.08. The van der Waals surface area contributed by atoms with E-state index >= 15 is 0 Å². The molecule has 0 amide bonds. The standard InChI is InChI=1S/C17H21FN4O3/c1-3-8-22-15(19)14(16(24)20-17(22)25)13(23)10-21(2)9-11-4-6-12(18)7-5-11/h4-7H,3,8-10,19H2,1-2H3,(H,20,24,25)/p+1. The highest BCUT2D eigenvalue weighted by molar-refractivity contribution is 6.00. The van der Waals surface area contributed by atoms with Crippen LogP contribution in [0, 0.1) is 5.82 Å². The first-order valence-electron chi connectivity index (χ1n) is 8.05. The van der Waals surface area contributed by atoms with E-state index in [0.29, 0.717) is 19.5 Å². The average Bonchev–Trinajstić information content (AvgIpc) is 2.53. The molecule has 2 rings (SSSR count). The number of nitrogens with two attached hydrogens (primary N) is 1. The number of rotatable bonds is 7. The molecule has 0 fully saturated rings. The van der Waals surface area contributed by atoms with Crippen molar-refractivity contribution in [3.63, 3.8) is 0 Å². The van der Waals surface area contributed by atoms with Gasteiger partial charge >= 0.3 is 5.69 Å². The summed E-state index contributed by atoms with van der Waals surface area (Å²) in [6.07, 6.45) is 0.638. The van der Waals surface area contributed by atoms with E-state index < -0.39 is 17.0 Å². The summed E-state index contributed by atoms with van der Waals surface area (Å²) >= 11 is 0. The number of nitrogens with one attached hydrogen (secondary N) is 2. The van der Waals surface area contributed by atoms with Crippen molar-refractivity contribution in [3.8, 4) is 0 Å². The van der Waals surface area contributed by atoms with Gasteiger partial charge in [-0.25, -0.2) is 9.18 Å². The Bertz CT molecular complexity index is 871. The van der Waals surface area contributed by atoms with Gasteiger partial charge in [-0.1, -0.05) is 19.1 Å². The van der Waals surface area contributed by atoms with E-state index in [-0.39, 0.29) is 23.7 Å². The quantitative estimate of drug-likeness (QED) is 0.590. The molecule has 0 aliphatic rings. The average molecular weight is 349 g/mol. The number of halogens is 1. The molecule has 0 spiro atoms. The Kier molecular flexibility index (Phi) is 5.87. The third-order valence-corrected chi connectivity index (χ3v) is 3.85. The number of nitrogen functional groups attached to an aromatic ring is 1. The number of H-pyrrole nitrogens is 1. The van der Waals surface area contributed by atoms with Gasteiger partial charge in [0.05, 0.1) is 7.05 Å². The number of anilines is 1. The van der Waals surface area contributed by atoms with E-state index in [1.807, 2.05) is 6.92 Å². The van der Waals surface area contributed by atoms with Crippen molar-refractivity contribution in [2.24, 2.45) is 0 Å². The van der Waals surface area contributed by atoms with Gasteiger partial charge in [-0.05, 0) is 18.6 Å². The van der Waals surface area contributed by atoms with Gasteiger partial charge in [0.2, 0.25) is 5.78 Å². The van der Waals surface area contributed by atoms with Gasteiger partial charge in [0, 0.05) is 12.1 Å². The molecule has 1 aromatic heterocycles. The van der Waals surface area contributed by atoms with Gasteiger partial charge in [0.1, 0.15) is 30.3 Å². The monoisotopic (exact) mass is 349 g/mol. The number of carbonyl (C=O) groups is 1. The summed E-state index contributed by atoms with van der Waals surface area (Å²) in [5.41, 5.74) is 5.18. The van der Waals surface area contributed by atoms with Crippen LogP contribution in [0.5, 0.6) is 0 Å². The first kappa shape index (κ1) is 18.6. The number of quaternary nitrogens is 1. The number of hydrogen-bond donors (Lipinski definition) is 3. The molecule has 25 heavy (non-hydrogen) atoms. The van der Waals surface area contributed by atoms with Crippen LogP contribution in [0.15, 0.2) is 33.9 Å². The van der Waals surface area contributed by atoms with E-state index in [1.54, 1.807) is 19.2 Å². The van der Waals surface area contributed by atoms with Crippen LogP contribution >= 0.6 is 0 Å². The number of likely N-dealkylation sites (N-methyl/N-ethyl adjacent to an activating group) is 1. The van der Waals surface area contributed by atoms with Crippen LogP contribution in [-0.2, 0) is 13.1 Å². The topological polar surface area (TPSA) is 102 Å². The second kappa shape index (κ2) is 7.89. The van der Waals surface area contributed by atoms with Crippen molar-refractivity contribution in [2.45, 2.75) is 26.4 Å². The Labute approximate surface area is 143 Å². The smallest absolute Gasteiger partial charge is 0.329 e. The zero-order chi connectivity index (χ0) is 18.6. The Balaban J connectivity index is 2.20. The van der Waals surface area contributed by atoms with Gasteiger partial charge in [-0.3, -0.25) is 19.1 Å². The Morgan fingerprint density at radius 3 is 2.52 bits per heavy atom. The molecule has 4 N–H and O–H groups in total. The minimum absolute atomic E-state index is 0.0228. The molecule has 0 aliphatic carbocycles. The van der Waals surface area contributed by atoms with Crippen molar-refractivity contribution in [1.29, 1.82) is 0 Å². The van der Waals surface area contributed by atoms with E-state index in [9.17, 15) is 18.8 Å². The van der Waals surface area contributed by atoms with Crippen LogP contribution in [0.4, 0.5) is 10.2 Å². The maximum atomic E-state index is 12.9. The molecular formula is C17H22FN4O3+. The minimum atomic E-state index is -0.769. The maximum Gasteiger partial charge on any atom is 0.329 e. The summed E-state index contributed by atoms with van der Waals surface area (Å²) in [7, 11) is 1.79. The van der Waals surface area contributed by atoms with Gasteiger partial charge in [0.15, 0.2) is 0 Å². The number of hydrogen-bond acceptors (Lipinski definition) is 4. The van der Waals surface area contributed by atoms with Gasteiger partial charge in [0.25, 0.3) is 5.56 Å². The number of aromatic amines is 1. The van der Waals surface area contributed by atoms with Crippen molar-refractivity contribution >= 4 is 11.6 Å². The summed E-state index contributed by atoms with van der Waals surface area (Å²) in [6, 6.07) is 6.00. The lowest BCUT2D eigenvalue weighted by Gasteiger charge is -2.15. The third-order valence-electron chi connectivity index (χ3n) is 3.85. The van der Waals surface area contributed by atoms with Crippen molar-refractivity contribution in [1.82, 2.24) is 9.55 Å². The number of ketones is 1. The predicted molar refractivity (Wildman–Crippen MR) is 92.2 cm³/mol. The van der Waals surface area contributed by atoms with Crippen LogP contribution < -0.4 is 21.9 Å². The second-order valence-electron chi connectivity index (χ2n) is 6.03. The lowest BCUT2D eigenvalue weighted by atomic mass is 10.1. The molecule has 0 bridgehead atoms. The van der Waals surface area contributed by atoms with E-state index in [0.717, 1.165) is 10.5 Å². The predicted octanol–water partition coefficient (Wildman–Crippen LogP) is -0.434. The zero-order valence-corrected chi connectivity index (χ0v) is 14.3. The second-order valence-corrected chi connectivity index (χ2v) is 6.03. The molecule has 8 heteroatoms. The Morgan fingerprint density at radius 1 is 1.28 bits per heavy atom. The fraction of sp³-hybridized carbons (Fsp3) is 0.353. The lowest BCUT2D eigenvalue weighted by molar-refractivity contribution is -0.884. The van der Waals surface area contributed by atoms with E-state index in [4.69, 9.17) is 5.73 Å². The highest BCUT2D eigenvalue weighted by Crippen LogP contribution is 2.05. The van der Waals surface area contributed by atoms with Crippen LogP contribution in [-0.4, -0.2) is 28.9 Å². The van der Waals surface area contributed by atoms with E-state index in [2.05, 4.69) is 4.98 Å². The molecule has 1 aromatic carbocycles. The molecule has 7 nitrogen and oxygen atoms in total. The first-order valence-corrected chi connectivity index (χ1v) is 8.05. The number of Topliss-reactive ketones (excluding diaryl/α,β-unsaturated/α-hetero) is 1. The van der Waals surface area contributed by atoms with Crippen LogP contribution in [0.25, 0.3) is 0 Å². The molecule has 0 aliphatic heterocycles. The summed E-state index contributed by atoms with van der Waals surface area (Å²) in [4.78, 5) is 39.3. The summed E-state index contributed by atoms with van der Waals surface area (Å²) in [5, 5.41) is 0. The normalized spacial score (nSPS) is 12.1. The molecule has 1 heterocycles. The minimum Gasteiger partial charge on any atom is -0.384 e. The fourth-order valence-corrected chi connectivity index (χ4v) is 2.68.